The molecule has 2 fully saturated rings. The number of hydrogen-bond acceptors (Lipinski definition) is 4. The third kappa shape index (κ3) is 6.14. The molecule has 2 aliphatic rings. The molecule has 0 aromatic heterocycles. The van der Waals surface area contributed by atoms with E-state index in [1.54, 1.807) is 7.11 Å². The van der Waals surface area contributed by atoms with Crippen LogP contribution in [0.15, 0.2) is 29.3 Å². The molecule has 1 unspecified atom stereocenters. The molecule has 0 saturated carbocycles. The molecule has 2 heterocycles. The molecule has 1 atom stereocenters. The molecule has 0 spiro atoms. The second kappa shape index (κ2) is 11.7. The summed E-state index contributed by atoms with van der Waals surface area (Å²) in [5.41, 5.74) is 1.25. The molecule has 0 aliphatic carbocycles. The number of nitrogens with zero attached hydrogens (tertiary/aromatic N) is 3. The van der Waals surface area contributed by atoms with Crippen LogP contribution in [0, 0.1) is 5.92 Å². The first-order chi connectivity index (χ1) is 13.2. The van der Waals surface area contributed by atoms with E-state index in [-0.39, 0.29) is 24.0 Å². The van der Waals surface area contributed by atoms with Crippen LogP contribution in [0.5, 0.6) is 5.75 Å². The van der Waals surface area contributed by atoms with Crippen molar-refractivity contribution in [3.8, 4) is 5.75 Å². The van der Waals surface area contributed by atoms with E-state index in [0.717, 1.165) is 63.9 Å². The van der Waals surface area contributed by atoms with Crippen LogP contribution in [-0.2, 0) is 4.74 Å². The third-order valence-electron chi connectivity index (χ3n) is 5.61. The van der Waals surface area contributed by atoms with Crippen molar-refractivity contribution in [3.05, 3.63) is 24.3 Å². The molecule has 2 aliphatic heterocycles. The SMILES string of the molecule is CCOC1CCN(C(=NC)NCC2CCN(c3cccc(OC)c3)C2)CC1.I. The number of guanidine groups is 1. The number of anilines is 1. The second-order valence-corrected chi connectivity index (χ2v) is 7.37. The predicted molar refractivity (Wildman–Crippen MR) is 126 cm³/mol. The summed E-state index contributed by atoms with van der Waals surface area (Å²) >= 11 is 0. The number of ether oxygens (including phenoxy) is 2. The van der Waals surface area contributed by atoms with Gasteiger partial charge in [0.2, 0.25) is 0 Å². The number of hydrogen-bond donors (Lipinski definition) is 1. The molecule has 0 radical (unpaired) electrons. The van der Waals surface area contributed by atoms with E-state index in [1.165, 1.54) is 12.1 Å². The largest absolute Gasteiger partial charge is 0.497 e. The van der Waals surface area contributed by atoms with Crippen molar-refractivity contribution < 1.29 is 9.47 Å². The van der Waals surface area contributed by atoms with Gasteiger partial charge in [-0.25, -0.2) is 0 Å². The molecule has 158 valence electrons. The van der Waals surface area contributed by atoms with E-state index >= 15 is 0 Å². The molecular formula is C21H35IN4O2. The van der Waals surface area contributed by atoms with E-state index in [2.05, 4.69) is 45.2 Å². The fraction of sp³-hybridized carbons (Fsp3) is 0.667. The van der Waals surface area contributed by atoms with Crippen LogP contribution in [0.2, 0.25) is 0 Å². The number of piperidine rings is 1. The Bertz CT molecular complexity index is 620. The summed E-state index contributed by atoms with van der Waals surface area (Å²) in [5, 5.41) is 3.61. The lowest BCUT2D eigenvalue weighted by Gasteiger charge is -2.34. The Labute approximate surface area is 186 Å². The van der Waals surface area contributed by atoms with E-state index in [0.29, 0.717) is 12.0 Å². The van der Waals surface area contributed by atoms with Crippen LogP contribution >= 0.6 is 24.0 Å². The maximum atomic E-state index is 5.75. The Morgan fingerprint density at radius 2 is 2.00 bits per heavy atom. The normalized spacial score (nSPS) is 20.8. The number of aliphatic imine (C=N–C) groups is 1. The molecule has 3 rings (SSSR count). The van der Waals surface area contributed by atoms with Crippen molar-refractivity contribution in [3.63, 3.8) is 0 Å². The average Bonchev–Trinajstić information content (AvgIpc) is 3.19. The van der Waals surface area contributed by atoms with Gasteiger partial charge in [-0.15, -0.1) is 24.0 Å². The van der Waals surface area contributed by atoms with Gasteiger partial charge in [-0.1, -0.05) is 6.07 Å². The Morgan fingerprint density at radius 3 is 2.68 bits per heavy atom. The van der Waals surface area contributed by atoms with Gasteiger partial charge in [0.15, 0.2) is 5.96 Å². The van der Waals surface area contributed by atoms with E-state index < -0.39 is 0 Å². The van der Waals surface area contributed by atoms with E-state index in [9.17, 15) is 0 Å². The highest BCUT2D eigenvalue weighted by Gasteiger charge is 2.25. The van der Waals surface area contributed by atoms with Crippen LogP contribution in [0.25, 0.3) is 0 Å². The first-order valence-corrected chi connectivity index (χ1v) is 10.2. The molecule has 1 aromatic carbocycles. The minimum Gasteiger partial charge on any atom is -0.497 e. The summed E-state index contributed by atoms with van der Waals surface area (Å²) < 4.78 is 11.1. The first kappa shape index (κ1) is 23.1. The predicted octanol–water partition coefficient (Wildman–Crippen LogP) is 3.22. The minimum absolute atomic E-state index is 0. The molecular weight excluding hydrogens is 467 g/mol. The van der Waals surface area contributed by atoms with Crippen LogP contribution in [-0.4, -0.2) is 70.5 Å². The molecule has 1 aromatic rings. The molecule has 0 amide bonds. The topological polar surface area (TPSA) is 49.3 Å². The maximum absolute atomic E-state index is 5.75. The standard InChI is InChI=1S/C21H34N4O2.HI/c1-4-27-19-9-12-24(13-10-19)21(22-2)23-15-17-8-11-25(16-17)18-6-5-7-20(14-18)26-3;/h5-7,14,17,19H,4,8-13,15-16H2,1-3H3,(H,22,23);1H. The average molecular weight is 502 g/mol. The number of nitrogens with one attached hydrogen (secondary N) is 1. The molecule has 0 bridgehead atoms. The Balaban J connectivity index is 0.00000280. The Kier molecular flexibility index (Phi) is 9.64. The Hall–Kier alpha value is -1.22. The van der Waals surface area contributed by atoms with Gasteiger partial charge in [-0.3, -0.25) is 4.99 Å². The highest BCUT2D eigenvalue weighted by molar-refractivity contribution is 14.0. The van der Waals surface area contributed by atoms with E-state index in [4.69, 9.17) is 9.47 Å². The molecule has 2 saturated heterocycles. The van der Waals surface area contributed by atoms with Gasteiger partial charge < -0.3 is 24.6 Å². The number of benzene rings is 1. The van der Waals surface area contributed by atoms with Gasteiger partial charge >= 0.3 is 0 Å². The van der Waals surface area contributed by atoms with Crippen molar-refractivity contribution in [2.75, 3.05) is 58.4 Å². The lowest BCUT2D eigenvalue weighted by Crippen LogP contribution is -2.48. The molecule has 28 heavy (non-hydrogen) atoms. The summed E-state index contributed by atoms with van der Waals surface area (Å²) in [7, 11) is 3.60. The van der Waals surface area contributed by atoms with Gasteiger partial charge in [0, 0.05) is 58.1 Å². The van der Waals surface area contributed by atoms with Crippen molar-refractivity contribution in [2.24, 2.45) is 10.9 Å². The number of likely N-dealkylation sites (tertiary alicyclic amines) is 1. The van der Waals surface area contributed by atoms with Gasteiger partial charge in [0.1, 0.15) is 5.75 Å². The molecule has 6 nitrogen and oxygen atoms in total. The van der Waals surface area contributed by atoms with Crippen LogP contribution in [0.3, 0.4) is 0 Å². The van der Waals surface area contributed by atoms with E-state index in [1.807, 2.05) is 13.1 Å². The smallest absolute Gasteiger partial charge is 0.193 e. The monoisotopic (exact) mass is 502 g/mol. The lowest BCUT2D eigenvalue weighted by atomic mass is 10.1. The third-order valence-corrected chi connectivity index (χ3v) is 5.61. The summed E-state index contributed by atoms with van der Waals surface area (Å²) in [6.07, 6.45) is 3.78. The van der Waals surface area contributed by atoms with Gasteiger partial charge in [-0.2, -0.15) is 0 Å². The number of halogens is 1. The lowest BCUT2D eigenvalue weighted by molar-refractivity contribution is 0.0263. The van der Waals surface area contributed by atoms with Crippen molar-refractivity contribution >= 4 is 35.6 Å². The highest BCUT2D eigenvalue weighted by Crippen LogP contribution is 2.26. The van der Waals surface area contributed by atoms with Crippen molar-refractivity contribution in [1.29, 1.82) is 0 Å². The fourth-order valence-corrected chi connectivity index (χ4v) is 4.08. The number of rotatable bonds is 6. The fourth-order valence-electron chi connectivity index (χ4n) is 4.08. The summed E-state index contributed by atoms with van der Waals surface area (Å²) in [6, 6.07) is 8.35. The first-order valence-electron chi connectivity index (χ1n) is 10.2. The summed E-state index contributed by atoms with van der Waals surface area (Å²) in [5.74, 6) is 2.59. The maximum Gasteiger partial charge on any atom is 0.193 e. The van der Waals surface area contributed by atoms with Gasteiger partial charge in [-0.05, 0) is 44.2 Å². The van der Waals surface area contributed by atoms with Crippen LogP contribution < -0.4 is 15.0 Å². The number of methoxy groups -OCH3 is 1. The Morgan fingerprint density at radius 1 is 1.21 bits per heavy atom. The second-order valence-electron chi connectivity index (χ2n) is 7.37. The van der Waals surface area contributed by atoms with Gasteiger partial charge in [0.25, 0.3) is 0 Å². The minimum atomic E-state index is 0. The zero-order valence-electron chi connectivity index (χ0n) is 17.4. The van der Waals surface area contributed by atoms with Crippen molar-refractivity contribution in [2.45, 2.75) is 32.3 Å². The van der Waals surface area contributed by atoms with Crippen LogP contribution in [0.1, 0.15) is 26.2 Å². The zero-order valence-corrected chi connectivity index (χ0v) is 19.7. The summed E-state index contributed by atoms with van der Waals surface area (Å²) in [6.45, 7) is 8.06. The highest BCUT2D eigenvalue weighted by atomic mass is 127. The zero-order chi connectivity index (χ0) is 19.1. The van der Waals surface area contributed by atoms with Gasteiger partial charge in [0.05, 0.1) is 13.2 Å². The van der Waals surface area contributed by atoms with Crippen LogP contribution in [0.4, 0.5) is 5.69 Å². The molecule has 7 heteroatoms. The van der Waals surface area contributed by atoms with Crippen molar-refractivity contribution in [1.82, 2.24) is 10.2 Å². The quantitative estimate of drug-likeness (QED) is 0.368. The summed E-state index contributed by atoms with van der Waals surface area (Å²) in [4.78, 5) is 9.32. The molecule has 1 N–H and O–H groups in total.